The van der Waals surface area contributed by atoms with Crippen molar-refractivity contribution in [3.05, 3.63) is 89.0 Å². The monoisotopic (exact) mass is 665 g/mol. The molecule has 0 radical (unpaired) electrons. The van der Waals surface area contributed by atoms with Crippen LogP contribution in [0.5, 0.6) is 5.75 Å². The third-order valence-electron chi connectivity index (χ3n) is 8.16. The molecule has 2 amide bonds. The van der Waals surface area contributed by atoms with Crippen LogP contribution in [0.15, 0.2) is 60.7 Å². The second-order valence-corrected chi connectivity index (χ2v) is 11.5. The fourth-order valence-electron chi connectivity index (χ4n) is 5.90. The number of primary amides is 1. The van der Waals surface area contributed by atoms with Gasteiger partial charge in [0, 0.05) is 31.7 Å². The summed E-state index contributed by atoms with van der Waals surface area (Å²) in [6.07, 6.45) is 2.80. The van der Waals surface area contributed by atoms with E-state index in [1.165, 1.54) is 0 Å². The lowest BCUT2D eigenvalue weighted by molar-refractivity contribution is 0.0996. The molecule has 6 rings (SSSR count). The maximum Gasteiger partial charge on any atom is 0.276 e. The molecule has 5 N–H and O–H groups in total. The Morgan fingerprint density at radius 2 is 1.61 bits per heavy atom. The molecular formula is C34H39N11O4. The Kier molecular flexibility index (Phi) is 9.18. The van der Waals surface area contributed by atoms with Gasteiger partial charge in [-0.2, -0.15) is 10.2 Å². The number of para-hydroxylation sites is 1. The summed E-state index contributed by atoms with van der Waals surface area (Å²) in [5.74, 6) is 0.475. The van der Waals surface area contributed by atoms with Gasteiger partial charge in [0.1, 0.15) is 17.0 Å². The Bertz CT molecular complexity index is 2200. The summed E-state index contributed by atoms with van der Waals surface area (Å²) >= 11 is 0. The number of anilines is 2. The topological polar surface area (TPSA) is 185 Å². The average Bonchev–Trinajstić information content (AvgIpc) is 3.84. The summed E-state index contributed by atoms with van der Waals surface area (Å²) in [7, 11) is 1.59. The Balaban J connectivity index is 1.32. The van der Waals surface area contributed by atoms with Crippen molar-refractivity contribution in [1.29, 1.82) is 0 Å². The highest BCUT2D eigenvalue weighted by molar-refractivity contribution is 6.03. The number of aliphatic hydroxyl groups excluding tert-OH is 1. The van der Waals surface area contributed by atoms with Crippen LogP contribution in [0, 0.1) is 13.8 Å². The predicted octanol–water partition coefficient (Wildman–Crippen LogP) is 4.15. The van der Waals surface area contributed by atoms with Gasteiger partial charge < -0.3 is 30.0 Å². The van der Waals surface area contributed by atoms with Crippen molar-refractivity contribution in [1.82, 2.24) is 38.7 Å². The molecule has 254 valence electrons. The van der Waals surface area contributed by atoms with Crippen LogP contribution >= 0.6 is 0 Å². The van der Waals surface area contributed by atoms with Crippen LogP contribution in [0.4, 0.5) is 11.9 Å². The van der Waals surface area contributed by atoms with Crippen molar-refractivity contribution in [2.45, 2.75) is 60.1 Å². The van der Waals surface area contributed by atoms with E-state index in [0.717, 1.165) is 22.4 Å². The number of hydrogen-bond acceptors (Lipinski definition) is 9. The van der Waals surface area contributed by atoms with Crippen LogP contribution in [-0.2, 0) is 26.2 Å². The third-order valence-corrected chi connectivity index (χ3v) is 8.16. The number of aryl methyl sites for hydroxylation is 4. The Hall–Kier alpha value is -5.96. The van der Waals surface area contributed by atoms with Crippen LogP contribution in [-0.4, -0.2) is 62.7 Å². The molecule has 0 saturated carbocycles. The third kappa shape index (κ3) is 6.47. The molecule has 4 aromatic heterocycles. The summed E-state index contributed by atoms with van der Waals surface area (Å²) in [4.78, 5) is 34.7. The number of nitrogens with one attached hydrogen (secondary N) is 2. The van der Waals surface area contributed by atoms with E-state index in [1.54, 1.807) is 40.7 Å². The molecule has 6 aromatic rings. The average molecular weight is 666 g/mol. The van der Waals surface area contributed by atoms with Gasteiger partial charge in [0.15, 0.2) is 6.23 Å². The van der Waals surface area contributed by atoms with Gasteiger partial charge >= 0.3 is 0 Å². The molecular weight excluding hydrogens is 626 g/mol. The van der Waals surface area contributed by atoms with Gasteiger partial charge in [0.05, 0.1) is 40.7 Å². The van der Waals surface area contributed by atoms with Crippen LogP contribution in [0.1, 0.15) is 58.0 Å². The lowest BCUT2D eigenvalue weighted by Gasteiger charge is -2.16. The van der Waals surface area contributed by atoms with E-state index in [9.17, 15) is 14.7 Å². The number of allylic oxidation sites excluding steroid dienone is 2. The maximum atomic E-state index is 13.4. The van der Waals surface area contributed by atoms with Gasteiger partial charge in [-0.1, -0.05) is 18.2 Å². The standard InChI is InChI=1S/C34H39N11O4/c1-6-44-26(17-20(3)40-44)31(47)38-33-37-24-19-22(30(35)46)13-14-25(24)42(33)15-8-9-16-43-29-23(11-10-12-28(29)49-5)36-34(43)39-32(48)27-18-21(4)41-45(27)7-2/h8-14,17-19,31,47H,6-7,15-16H2,1-5H3,(H2,35,46)(H,37,38)(H,36,39,48)/b9-8+. The van der Waals surface area contributed by atoms with Crippen molar-refractivity contribution in [3.63, 3.8) is 0 Å². The summed E-state index contributed by atoms with van der Waals surface area (Å²) in [5, 5.41) is 26.1. The van der Waals surface area contributed by atoms with Crippen molar-refractivity contribution < 1.29 is 19.4 Å². The smallest absolute Gasteiger partial charge is 0.276 e. The van der Waals surface area contributed by atoms with Crippen molar-refractivity contribution in [2.75, 3.05) is 17.7 Å². The maximum absolute atomic E-state index is 13.4. The number of rotatable bonds is 13. The zero-order valence-electron chi connectivity index (χ0n) is 28.0. The first kappa shape index (κ1) is 33.0. The molecule has 1 atom stereocenters. The van der Waals surface area contributed by atoms with Crippen LogP contribution in [0.2, 0.25) is 0 Å². The van der Waals surface area contributed by atoms with Gasteiger partial charge in [0.2, 0.25) is 17.8 Å². The molecule has 0 spiro atoms. The lowest BCUT2D eigenvalue weighted by atomic mass is 10.2. The Morgan fingerprint density at radius 1 is 0.918 bits per heavy atom. The number of aliphatic hydroxyl groups is 1. The van der Waals surface area contributed by atoms with Gasteiger partial charge in [-0.05, 0) is 70.2 Å². The van der Waals surface area contributed by atoms with E-state index in [4.69, 9.17) is 20.4 Å². The number of carbonyl (C=O) groups excluding carboxylic acids is 2. The molecule has 0 aliphatic heterocycles. The highest BCUT2D eigenvalue weighted by Crippen LogP contribution is 2.29. The van der Waals surface area contributed by atoms with E-state index in [2.05, 4.69) is 20.8 Å². The predicted molar refractivity (Wildman–Crippen MR) is 185 cm³/mol. The minimum atomic E-state index is -1.10. The minimum absolute atomic E-state index is 0.323. The van der Waals surface area contributed by atoms with Gasteiger partial charge in [0.25, 0.3) is 5.91 Å². The summed E-state index contributed by atoms with van der Waals surface area (Å²) in [5.41, 5.74) is 11.1. The SMILES string of the molecule is CCn1nc(C)cc1C(=O)Nc1nc2cccc(OC)c2n1C/C=C/Cn1c(NC(O)c2cc(C)nn2CC)nc2cc(C(N)=O)ccc21. The molecule has 0 aliphatic carbocycles. The molecule has 0 saturated heterocycles. The van der Waals surface area contributed by atoms with Crippen molar-refractivity contribution in [2.24, 2.45) is 5.73 Å². The second kappa shape index (κ2) is 13.6. The molecule has 15 nitrogen and oxygen atoms in total. The van der Waals surface area contributed by atoms with Crippen LogP contribution in [0.3, 0.4) is 0 Å². The number of methoxy groups -OCH3 is 1. The van der Waals surface area contributed by atoms with Gasteiger partial charge in [-0.3, -0.25) is 24.3 Å². The summed E-state index contributed by atoms with van der Waals surface area (Å²) < 4.78 is 12.8. The lowest BCUT2D eigenvalue weighted by Crippen LogP contribution is -2.20. The molecule has 15 heteroatoms. The molecule has 0 aliphatic rings. The first-order valence-electron chi connectivity index (χ1n) is 15.9. The van der Waals surface area contributed by atoms with E-state index < -0.39 is 12.1 Å². The minimum Gasteiger partial charge on any atom is -0.494 e. The number of hydrogen-bond donors (Lipinski definition) is 4. The van der Waals surface area contributed by atoms with Gasteiger partial charge in [-0.15, -0.1) is 0 Å². The zero-order valence-corrected chi connectivity index (χ0v) is 28.0. The highest BCUT2D eigenvalue weighted by atomic mass is 16.5. The number of nitrogens with two attached hydrogens (primary N) is 1. The second-order valence-electron chi connectivity index (χ2n) is 11.5. The fraction of sp³-hybridized carbons (Fsp3) is 0.294. The van der Waals surface area contributed by atoms with Gasteiger partial charge in [-0.25, -0.2) is 9.97 Å². The molecule has 2 aromatic carbocycles. The first-order chi connectivity index (χ1) is 23.6. The number of amides is 2. The number of nitrogens with zero attached hydrogens (tertiary/aromatic N) is 8. The Labute approximate surface area is 282 Å². The zero-order chi connectivity index (χ0) is 34.8. The molecule has 0 fully saturated rings. The van der Waals surface area contributed by atoms with E-state index >= 15 is 0 Å². The normalized spacial score (nSPS) is 12.3. The number of imidazole rings is 2. The number of aromatic nitrogens is 8. The van der Waals surface area contributed by atoms with Crippen LogP contribution < -0.4 is 21.1 Å². The number of fused-ring (bicyclic) bond motifs is 2. The van der Waals surface area contributed by atoms with Crippen molar-refractivity contribution in [3.8, 4) is 5.75 Å². The molecule has 1 unspecified atom stereocenters. The first-order valence-corrected chi connectivity index (χ1v) is 15.9. The van der Waals surface area contributed by atoms with E-state index in [-0.39, 0.29) is 5.91 Å². The fourth-order valence-corrected chi connectivity index (χ4v) is 5.90. The Morgan fingerprint density at radius 3 is 2.33 bits per heavy atom. The number of benzene rings is 2. The van der Waals surface area contributed by atoms with E-state index in [0.29, 0.717) is 71.8 Å². The molecule has 49 heavy (non-hydrogen) atoms. The molecule has 0 bridgehead atoms. The van der Waals surface area contributed by atoms with E-state index in [1.807, 2.05) is 73.2 Å². The summed E-state index contributed by atoms with van der Waals surface area (Å²) in [6.45, 7) is 9.42. The molecule has 4 heterocycles. The number of ether oxygens (including phenoxy) is 1. The van der Waals surface area contributed by atoms with Crippen LogP contribution in [0.25, 0.3) is 22.1 Å². The number of carbonyl (C=O) groups is 2. The largest absolute Gasteiger partial charge is 0.494 e. The van der Waals surface area contributed by atoms with Crippen molar-refractivity contribution >= 4 is 45.8 Å². The highest BCUT2D eigenvalue weighted by Gasteiger charge is 2.21. The summed E-state index contributed by atoms with van der Waals surface area (Å²) in [6, 6.07) is 14.2. The quantitative estimate of drug-likeness (QED) is 0.104.